The van der Waals surface area contributed by atoms with Gasteiger partial charge in [-0.1, -0.05) is 36.4 Å². The van der Waals surface area contributed by atoms with Crippen molar-refractivity contribution in [3.8, 4) is 0 Å². The number of benzene rings is 2. The predicted molar refractivity (Wildman–Crippen MR) is 72.4 cm³/mol. The number of anilines is 1. The molecule has 0 bridgehead atoms. The van der Waals surface area contributed by atoms with Gasteiger partial charge in [0.15, 0.2) is 0 Å². The Bertz CT molecular complexity index is 564. The third kappa shape index (κ3) is 2.95. The van der Waals surface area contributed by atoms with E-state index in [1.807, 2.05) is 24.3 Å². The average Bonchev–Trinajstić information content (AvgIpc) is 2.42. The second-order valence-electron chi connectivity index (χ2n) is 3.69. The molecule has 0 fully saturated rings. The number of rotatable bonds is 3. The molecular weight excluding hydrogens is 226 g/mol. The van der Waals surface area contributed by atoms with Crippen LogP contribution in [0.5, 0.6) is 0 Å². The van der Waals surface area contributed by atoms with Crippen molar-refractivity contribution in [2.24, 2.45) is 5.10 Å². The van der Waals surface area contributed by atoms with Crippen molar-refractivity contribution < 1.29 is 4.79 Å². The van der Waals surface area contributed by atoms with Crippen LogP contribution in [0, 0.1) is 0 Å². The van der Waals surface area contributed by atoms with Crippen LogP contribution in [-0.2, 0) is 0 Å². The summed E-state index contributed by atoms with van der Waals surface area (Å²) in [5.41, 5.74) is 10.1. The Morgan fingerprint density at radius 1 is 1.06 bits per heavy atom. The quantitative estimate of drug-likeness (QED) is 0.489. The van der Waals surface area contributed by atoms with Crippen molar-refractivity contribution in [1.82, 2.24) is 5.43 Å². The van der Waals surface area contributed by atoms with E-state index in [9.17, 15) is 4.79 Å². The van der Waals surface area contributed by atoms with Crippen LogP contribution in [0.2, 0.25) is 0 Å². The van der Waals surface area contributed by atoms with Crippen LogP contribution >= 0.6 is 0 Å². The summed E-state index contributed by atoms with van der Waals surface area (Å²) in [7, 11) is 0. The molecule has 0 unspecified atom stereocenters. The van der Waals surface area contributed by atoms with Gasteiger partial charge in [-0.2, -0.15) is 5.10 Å². The fourth-order valence-corrected chi connectivity index (χ4v) is 1.44. The molecule has 0 atom stereocenters. The van der Waals surface area contributed by atoms with Crippen LogP contribution < -0.4 is 11.2 Å². The summed E-state index contributed by atoms with van der Waals surface area (Å²) < 4.78 is 0. The number of hydrazone groups is 1. The Morgan fingerprint density at radius 2 is 1.72 bits per heavy atom. The van der Waals surface area contributed by atoms with Crippen LogP contribution in [0.25, 0.3) is 0 Å². The van der Waals surface area contributed by atoms with E-state index in [0.29, 0.717) is 11.3 Å². The zero-order chi connectivity index (χ0) is 12.8. The fraction of sp³-hybridized carbons (Fsp3) is 0. The smallest absolute Gasteiger partial charge is 0.271 e. The molecule has 0 spiro atoms. The van der Waals surface area contributed by atoms with Gasteiger partial charge >= 0.3 is 0 Å². The molecule has 0 radical (unpaired) electrons. The first-order chi connectivity index (χ1) is 8.77. The number of nitrogen functional groups attached to an aromatic ring is 1. The number of para-hydroxylation sites is 1. The number of carbonyl (C=O) groups is 1. The summed E-state index contributed by atoms with van der Waals surface area (Å²) in [5, 5.41) is 3.87. The molecule has 0 aliphatic heterocycles. The molecule has 3 N–H and O–H groups in total. The maximum absolute atomic E-state index is 11.7. The topological polar surface area (TPSA) is 67.5 Å². The highest BCUT2D eigenvalue weighted by Crippen LogP contribution is 2.06. The predicted octanol–water partition coefficient (Wildman–Crippen LogP) is 2.03. The maximum atomic E-state index is 11.7. The monoisotopic (exact) mass is 239 g/mol. The van der Waals surface area contributed by atoms with Crippen molar-refractivity contribution in [3.05, 3.63) is 65.7 Å². The Hall–Kier alpha value is -2.62. The molecule has 4 heteroatoms. The molecule has 90 valence electrons. The second kappa shape index (κ2) is 5.63. The van der Waals surface area contributed by atoms with Gasteiger partial charge in [0.25, 0.3) is 5.91 Å². The number of carbonyl (C=O) groups excluding carboxylic acids is 1. The highest BCUT2D eigenvalue weighted by molar-refractivity contribution is 5.95. The Morgan fingerprint density at radius 3 is 2.44 bits per heavy atom. The van der Waals surface area contributed by atoms with E-state index < -0.39 is 0 Å². The van der Waals surface area contributed by atoms with Crippen LogP contribution in [0.3, 0.4) is 0 Å². The first-order valence-corrected chi connectivity index (χ1v) is 5.50. The molecule has 0 aromatic heterocycles. The van der Waals surface area contributed by atoms with E-state index in [4.69, 9.17) is 5.73 Å². The molecule has 0 aliphatic carbocycles. The van der Waals surface area contributed by atoms with Crippen LogP contribution in [0.15, 0.2) is 59.7 Å². The lowest BCUT2D eigenvalue weighted by molar-refractivity contribution is 0.0955. The third-order valence-corrected chi connectivity index (χ3v) is 2.40. The van der Waals surface area contributed by atoms with Crippen molar-refractivity contribution in [2.45, 2.75) is 0 Å². The molecule has 0 heterocycles. The summed E-state index contributed by atoms with van der Waals surface area (Å²) in [4.78, 5) is 11.7. The van der Waals surface area contributed by atoms with E-state index in [0.717, 1.165) is 5.56 Å². The minimum atomic E-state index is -0.249. The third-order valence-electron chi connectivity index (χ3n) is 2.40. The van der Waals surface area contributed by atoms with Gasteiger partial charge in [-0.15, -0.1) is 0 Å². The van der Waals surface area contributed by atoms with Crippen molar-refractivity contribution in [2.75, 3.05) is 5.73 Å². The lowest BCUT2D eigenvalue weighted by Crippen LogP contribution is -2.17. The standard InChI is InChI=1S/C14H13N3O/c15-13-9-5-4-8-12(13)10-16-17-14(18)11-6-2-1-3-7-11/h1-10H,15H2,(H,17,18)/b16-10-. The van der Waals surface area contributed by atoms with E-state index in [2.05, 4.69) is 10.5 Å². The zero-order valence-corrected chi connectivity index (χ0v) is 9.71. The molecular formula is C14H13N3O. The largest absolute Gasteiger partial charge is 0.398 e. The molecule has 2 aromatic carbocycles. The number of nitrogens with two attached hydrogens (primary N) is 1. The molecule has 18 heavy (non-hydrogen) atoms. The minimum Gasteiger partial charge on any atom is -0.398 e. The molecule has 0 saturated heterocycles. The highest BCUT2D eigenvalue weighted by atomic mass is 16.2. The molecule has 0 aliphatic rings. The van der Waals surface area contributed by atoms with Crippen molar-refractivity contribution in [1.29, 1.82) is 0 Å². The van der Waals surface area contributed by atoms with Crippen LogP contribution in [0.4, 0.5) is 5.69 Å². The van der Waals surface area contributed by atoms with Gasteiger partial charge in [0.1, 0.15) is 0 Å². The summed E-state index contributed by atoms with van der Waals surface area (Å²) in [5.74, 6) is -0.249. The normalized spacial score (nSPS) is 10.4. The summed E-state index contributed by atoms with van der Waals surface area (Å²) in [6.45, 7) is 0. The lowest BCUT2D eigenvalue weighted by atomic mass is 10.2. The molecule has 4 nitrogen and oxygen atoms in total. The van der Waals surface area contributed by atoms with Gasteiger partial charge in [0, 0.05) is 16.8 Å². The SMILES string of the molecule is Nc1ccccc1/C=N\NC(=O)c1ccccc1. The Kier molecular flexibility index (Phi) is 3.71. The van der Waals surface area contributed by atoms with Gasteiger partial charge in [0.05, 0.1) is 6.21 Å². The summed E-state index contributed by atoms with van der Waals surface area (Å²) >= 11 is 0. The minimum absolute atomic E-state index is 0.249. The number of hydrogen-bond acceptors (Lipinski definition) is 3. The zero-order valence-electron chi connectivity index (χ0n) is 9.71. The number of nitrogens with one attached hydrogen (secondary N) is 1. The summed E-state index contributed by atoms with van der Waals surface area (Å²) in [6, 6.07) is 16.2. The van der Waals surface area contributed by atoms with Crippen LogP contribution in [-0.4, -0.2) is 12.1 Å². The lowest BCUT2D eigenvalue weighted by Gasteiger charge is -2.00. The van der Waals surface area contributed by atoms with Gasteiger partial charge < -0.3 is 5.73 Å². The van der Waals surface area contributed by atoms with Gasteiger partial charge in [-0.25, -0.2) is 5.43 Å². The first-order valence-electron chi connectivity index (χ1n) is 5.50. The molecule has 1 amide bonds. The van der Waals surface area contributed by atoms with Gasteiger partial charge in [-0.3, -0.25) is 4.79 Å². The number of amides is 1. The van der Waals surface area contributed by atoms with E-state index in [1.165, 1.54) is 6.21 Å². The Labute approximate surface area is 105 Å². The molecule has 2 aromatic rings. The first kappa shape index (κ1) is 11.9. The second-order valence-corrected chi connectivity index (χ2v) is 3.69. The number of nitrogens with zero attached hydrogens (tertiary/aromatic N) is 1. The highest BCUT2D eigenvalue weighted by Gasteiger charge is 2.01. The molecule has 0 saturated carbocycles. The van der Waals surface area contributed by atoms with E-state index >= 15 is 0 Å². The van der Waals surface area contributed by atoms with Gasteiger partial charge in [0.2, 0.25) is 0 Å². The summed E-state index contributed by atoms with van der Waals surface area (Å²) in [6.07, 6.45) is 1.52. The van der Waals surface area contributed by atoms with E-state index in [1.54, 1.807) is 30.3 Å². The Balaban J connectivity index is 2.00. The average molecular weight is 239 g/mol. The van der Waals surface area contributed by atoms with E-state index in [-0.39, 0.29) is 5.91 Å². The van der Waals surface area contributed by atoms with Gasteiger partial charge in [-0.05, 0) is 18.2 Å². The fourth-order valence-electron chi connectivity index (χ4n) is 1.44. The van der Waals surface area contributed by atoms with Crippen molar-refractivity contribution in [3.63, 3.8) is 0 Å². The maximum Gasteiger partial charge on any atom is 0.271 e. The molecule has 2 rings (SSSR count). The van der Waals surface area contributed by atoms with Crippen molar-refractivity contribution >= 4 is 17.8 Å². The number of hydrogen-bond donors (Lipinski definition) is 2. The van der Waals surface area contributed by atoms with Crippen LogP contribution in [0.1, 0.15) is 15.9 Å².